The van der Waals surface area contributed by atoms with Crippen LogP contribution in [0, 0.1) is 5.92 Å². The molecule has 124 valence electrons. The zero-order valence-corrected chi connectivity index (χ0v) is 12.2. The van der Waals surface area contributed by atoms with E-state index < -0.39 is 12.8 Å². The maximum atomic E-state index is 12.0. The van der Waals surface area contributed by atoms with Crippen LogP contribution in [0.25, 0.3) is 0 Å². The maximum Gasteiger partial charge on any atom is 0.411 e. The van der Waals surface area contributed by atoms with Gasteiger partial charge in [0.2, 0.25) is 0 Å². The van der Waals surface area contributed by atoms with Crippen molar-refractivity contribution in [3.63, 3.8) is 0 Å². The van der Waals surface area contributed by atoms with Gasteiger partial charge in [-0.15, -0.1) is 0 Å². The Morgan fingerprint density at radius 2 is 1.95 bits per heavy atom. The molecule has 2 atom stereocenters. The van der Waals surface area contributed by atoms with Crippen LogP contribution in [-0.2, 0) is 14.2 Å². The van der Waals surface area contributed by atoms with E-state index in [1.165, 1.54) is 0 Å². The van der Waals surface area contributed by atoms with Gasteiger partial charge in [0.15, 0.2) is 0 Å². The van der Waals surface area contributed by atoms with Gasteiger partial charge < -0.3 is 19.9 Å². The van der Waals surface area contributed by atoms with Crippen molar-refractivity contribution in [3.8, 4) is 0 Å². The molecule has 2 fully saturated rings. The first-order valence-corrected chi connectivity index (χ1v) is 7.52. The molecule has 2 saturated heterocycles. The molecule has 0 aliphatic carbocycles. The van der Waals surface area contributed by atoms with Gasteiger partial charge in [0.05, 0.1) is 5.60 Å². The monoisotopic (exact) mass is 311 g/mol. The number of halogens is 3. The Kier molecular flexibility index (Phi) is 5.88. The third-order valence-corrected chi connectivity index (χ3v) is 4.40. The van der Waals surface area contributed by atoms with Crippen LogP contribution >= 0.6 is 0 Å². The molecular formula is C14H24F3NO3. The summed E-state index contributed by atoms with van der Waals surface area (Å²) in [6, 6.07) is -0.137. The minimum absolute atomic E-state index is 0.0497. The van der Waals surface area contributed by atoms with E-state index in [1.54, 1.807) is 0 Å². The quantitative estimate of drug-likeness (QED) is 0.791. The molecule has 2 rings (SSSR count). The van der Waals surface area contributed by atoms with Crippen molar-refractivity contribution in [1.29, 1.82) is 0 Å². The highest BCUT2D eigenvalue weighted by atomic mass is 19.4. The van der Waals surface area contributed by atoms with Crippen LogP contribution < -0.4 is 5.73 Å². The summed E-state index contributed by atoms with van der Waals surface area (Å²) >= 11 is 0. The Bertz CT molecular complexity index is 314. The smallest absolute Gasteiger partial charge is 0.381 e. The Morgan fingerprint density at radius 1 is 1.24 bits per heavy atom. The Balaban J connectivity index is 1.73. The SMILES string of the molecule is NC(CCOCC(F)(F)F)C1CCOC2(CCOCC2)C1. The molecule has 4 nitrogen and oxygen atoms in total. The summed E-state index contributed by atoms with van der Waals surface area (Å²) in [4.78, 5) is 0. The van der Waals surface area contributed by atoms with Crippen LogP contribution in [0.2, 0.25) is 0 Å². The van der Waals surface area contributed by atoms with Gasteiger partial charge >= 0.3 is 6.18 Å². The van der Waals surface area contributed by atoms with E-state index in [0.717, 1.165) is 25.7 Å². The molecule has 2 N–H and O–H groups in total. The summed E-state index contributed by atoms with van der Waals surface area (Å²) in [6.45, 7) is 0.929. The summed E-state index contributed by atoms with van der Waals surface area (Å²) in [5.74, 6) is 0.284. The highest BCUT2D eigenvalue weighted by Crippen LogP contribution is 2.38. The van der Waals surface area contributed by atoms with Crippen LogP contribution in [0.5, 0.6) is 0 Å². The predicted octanol–water partition coefficient (Wildman–Crippen LogP) is 2.26. The number of hydrogen-bond acceptors (Lipinski definition) is 4. The second-order valence-electron chi connectivity index (χ2n) is 6.02. The number of nitrogens with two attached hydrogens (primary N) is 1. The minimum atomic E-state index is -4.27. The molecule has 0 radical (unpaired) electrons. The molecule has 21 heavy (non-hydrogen) atoms. The van der Waals surface area contributed by atoms with Crippen LogP contribution in [0.15, 0.2) is 0 Å². The molecule has 2 unspecified atom stereocenters. The highest BCUT2D eigenvalue weighted by Gasteiger charge is 2.40. The second kappa shape index (κ2) is 7.26. The zero-order valence-electron chi connectivity index (χ0n) is 12.2. The molecule has 0 amide bonds. The van der Waals surface area contributed by atoms with Gasteiger partial charge in [-0.05, 0) is 38.0 Å². The van der Waals surface area contributed by atoms with E-state index in [4.69, 9.17) is 15.2 Å². The fourth-order valence-corrected chi connectivity index (χ4v) is 3.17. The summed E-state index contributed by atoms with van der Waals surface area (Å²) < 4.78 is 51.9. The zero-order chi connectivity index (χ0) is 15.3. The average molecular weight is 311 g/mol. The number of hydrogen-bond donors (Lipinski definition) is 1. The van der Waals surface area contributed by atoms with E-state index in [0.29, 0.717) is 26.2 Å². The molecule has 2 heterocycles. The molecule has 0 bridgehead atoms. The average Bonchev–Trinajstić information content (AvgIpc) is 2.43. The van der Waals surface area contributed by atoms with Crippen LogP contribution in [0.3, 0.4) is 0 Å². The molecule has 0 aromatic rings. The van der Waals surface area contributed by atoms with Gasteiger partial charge in [-0.1, -0.05) is 0 Å². The Hall–Kier alpha value is -0.370. The number of alkyl halides is 3. The van der Waals surface area contributed by atoms with Crippen molar-refractivity contribution in [2.75, 3.05) is 33.0 Å². The van der Waals surface area contributed by atoms with Gasteiger partial charge in [-0.2, -0.15) is 13.2 Å². The lowest BCUT2D eigenvalue weighted by atomic mass is 9.77. The highest BCUT2D eigenvalue weighted by molar-refractivity contribution is 4.91. The van der Waals surface area contributed by atoms with E-state index in [1.807, 2.05) is 0 Å². The molecule has 1 spiro atoms. The summed E-state index contributed by atoms with van der Waals surface area (Å²) in [7, 11) is 0. The predicted molar refractivity (Wildman–Crippen MR) is 70.9 cm³/mol. The topological polar surface area (TPSA) is 53.7 Å². The lowest BCUT2D eigenvalue weighted by Crippen LogP contribution is -2.48. The normalized spacial score (nSPS) is 27.7. The summed E-state index contributed by atoms with van der Waals surface area (Å²) in [5, 5.41) is 0. The molecule has 0 saturated carbocycles. The first kappa shape index (κ1) is 17.0. The first-order valence-electron chi connectivity index (χ1n) is 7.52. The fraction of sp³-hybridized carbons (Fsp3) is 1.00. The van der Waals surface area contributed by atoms with E-state index in [9.17, 15) is 13.2 Å². The lowest BCUT2D eigenvalue weighted by Gasteiger charge is -2.44. The Labute approximate surface area is 123 Å². The molecular weight excluding hydrogens is 287 g/mol. The van der Waals surface area contributed by atoms with Crippen LogP contribution in [0.4, 0.5) is 13.2 Å². The van der Waals surface area contributed by atoms with Gasteiger partial charge in [0, 0.05) is 32.5 Å². The Morgan fingerprint density at radius 3 is 2.62 bits per heavy atom. The van der Waals surface area contributed by atoms with Gasteiger partial charge in [-0.25, -0.2) is 0 Å². The second-order valence-corrected chi connectivity index (χ2v) is 6.02. The van der Waals surface area contributed by atoms with Crippen molar-refractivity contribution in [2.24, 2.45) is 11.7 Å². The fourth-order valence-electron chi connectivity index (χ4n) is 3.17. The van der Waals surface area contributed by atoms with Crippen LogP contribution in [-0.4, -0.2) is 50.9 Å². The molecule has 0 aromatic heterocycles. The maximum absolute atomic E-state index is 12.0. The first-order chi connectivity index (χ1) is 9.90. The van der Waals surface area contributed by atoms with E-state index in [2.05, 4.69) is 4.74 Å². The molecule has 7 heteroatoms. The van der Waals surface area contributed by atoms with Crippen molar-refractivity contribution in [2.45, 2.75) is 49.9 Å². The molecule has 2 aliphatic heterocycles. The van der Waals surface area contributed by atoms with Crippen LogP contribution in [0.1, 0.15) is 32.1 Å². The minimum Gasteiger partial charge on any atom is -0.381 e. The van der Waals surface area contributed by atoms with Crippen molar-refractivity contribution < 1.29 is 27.4 Å². The van der Waals surface area contributed by atoms with E-state index >= 15 is 0 Å². The third-order valence-electron chi connectivity index (χ3n) is 4.40. The largest absolute Gasteiger partial charge is 0.411 e. The van der Waals surface area contributed by atoms with Gasteiger partial charge in [0.1, 0.15) is 6.61 Å². The van der Waals surface area contributed by atoms with E-state index in [-0.39, 0.29) is 24.2 Å². The van der Waals surface area contributed by atoms with Crippen molar-refractivity contribution >= 4 is 0 Å². The summed E-state index contributed by atoms with van der Waals surface area (Å²) in [6.07, 6.45) is -0.330. The number of rotatable bonds is 5. The molecule has 0 aromatic carbocycles. The van der Waals surface area contributed by atoms with Crippen molar-refractivity contribution in [3.05, 3.63) is 0 Å². The van der Waals surface area contributed by atoms with Gasteiger partial charge in [0.25, 0.3) is 0 Å². The standard InChI is InChI=1S/C14H24F3NO3/c15-14(16,17)10-20-5-2-12(18)11-1-6-21-13(9-11)3-7-19-8-4-13/h11-12H,1-10,18H2. The molecule has 2 aliphatic rings. The lowest BCUT2D eigenvalue weighted by molar-refractivity contribution is -0.175. The van der Waals surface area contributed by atoms with Gasteiger partial charge in [-0.3, -0.25) is 0 Å². The summed E-state index contributed by atoms with van der Waals surface area (Å²) in [5.41, 5.74) is 6.01. The number of ether oxygens (including phenoxy) is 3. The third kappa shape index (κ3) is 5.39. The van der Waals surface area contributed by atoms with Crippen molar-refractivity contribution in [1.82, 2.24) is 0 Å².